The smallest absolute Gasteiger partial charge is 0.168 e. The zero-order valence-corrected chi connectivity index (χ0v) is 11.9. The molecule has 0 fully saturated rings. The van der Waals surface area contributed by atoms with Crippen molar-refractivity contribution in [1.29, 1.82) is 0 Å². The van der Waals surface area contributed by atoms with Gasteiger partial charge in [-0.05, 0) is 30.0 Å². The Balaban J connectivity index is 2.26. The molecule has 4 heteroatoms. The first-order valence-electron chi connectivity index (χ1n) is 5.72. The highest BCUT2D eigenvalue weighted by atomic mass is 35.5. The van der Waals surface area contributed by atoms with E-state index in [4.69, 9.17) is 11.6 Å². The molecular weight excluding hydrogens is 283 g/mol. The number of thioether (sulfide) groups is 1. The quantitative estimate of drug-likeness (QED) is 0.604. The number of Topliss-reactive ketones (excluding diaryl/α,β-unsaturated/α-hetero) is 1. The van der Waals surface area contributed by atoms with Gasteiger partial charge in [-0.25, -0.2) is 4.39 Å². The zero-order valence-electron chi connectivity index (χ0n) is 10.3. The number of hydrogen-bond donors (Lipinski definition) is 0. The van der Waals surface area contributed by atoms with Crippen molar-refractivity contribution in [2.45, 2.75) is 11.3 Å². The van der Waals surface area contributed by atoms with Crippen molar-refractivity contribution in [2.24, 2.45) is 0 Å². The summed E-state index contributed by atoms with van der Waals surface area (Å²) in [6, 6.07) is 11.7. The Labute approximate surface area is 120 Å². The van der Waals surface area contributed by atoms with E-state index in [1.807, 2.05) is 24.5 Å². The summed E-state index contributed by atoms with van der Waals surface area (Å²) in [5.41, 5.74) is 0.995. The number of rotatable bonds is 4. The molecule has 0 atom stereocenters. The van der Waals surface area contributed by atoms with Gasteiger partial charge in [-0.15, -0.1) is 11.8 Å². The second-order valence-electron chi connectivity index (χ2n) is 4.04. The molecule has 0 aliphatic carbocycles. The fraction of sp³-hybridized carbons (Fsp3) is 0.133. The lowest BCUT2D eigenvalue weighted by Gasteiger charge is -2.07. The lowest BCUT2D eigenvalue weighted by Crippen LogP contribution is -2.06. The summed E-state index contributed by atoms with van der Waals surface area (Å²) < 4.78 is 13.7. The Kier molecular flexibility index (Phi) is 4.61. The Hall–Kier alpha value is -1.32. The van der Waals surface area contributed by atoms with Crippen LogP contribution in [-0.2, 0) is 6.42 Å². The number of halogens is 2. The first-order chi connectivity index (χ1) is 9.11. The Morgan fingerprint density at radius 2 is 2.00 bits per heavy atom. The topological polar surface area (TPSA) is 17.1 Å². The summed E-state index contributed by atoms with van der Waals surface area (Å²) in [6.45, 7) is 0. The minimum absolute atomic E-state index is 0.0422. The van der Waals surface area contributed by atoms with E-state index in [2.05, 4.69) is 0 Å². The average molecular weight is 295 g/mol. The molecule has 0 aromatic heterocycles. The third-order valence-electron chi connectivity index (χ3n) is 2.77. The molecule has 0 saturated heterocycles. The van der Waals surface area contributed by atoms with Gasteiger partial charge < -0.3 is 0 Å². The zero-order chi connectivity index (χ0) is 13.8. The highest BCUT2D eigenvalue weighted by molar-refractivity contribution is 7.98. The largest absolute Gasteiger partial charge is 0.294 e. The van der Waals surface area contributed by atoms with E-state index in [9.17, 15) is 9.18 Å². The van der Waals surface area contributed by atoms with Crippen LogP contribution < -0.4 is 0 Å². The molecule has 0 aliphatic heterocycles. The molecule has 2 aromatic carbocycles. The van der Waals surface area contributed by atoms with Gasteiger partial charge in [0.15, 0.2) is 5.78 Å². The van der Waals surface area contributed by atoms with E-state index in [1.165, 1.54) is 17.8 Å². The molecule has 0 saturated carbocycles. The van der Waals surface area contributed by atoms with Gasteiger partial charge in [0.2, 0.25) is 0 Å². The molecule has 0 bridgehead atoms. The fourth-order valence-electron chi connectivity index (χ4n) is 1.81. The summed E-state index contributed by atoms with van der Waals surface area (Å²) in [7, 11) is 0. The maximum Gasteiger partial charge on any atom is 0.168 e. The summed E-state index contributed by atoms with van der Waals surface area (Å²) in [6.07, 6.45) is 1.95. The van der Waals surface area contributed by atoms with Gasteiger partial charge in [0.05, 0.1) is 0 Å². The molecule has 0 amide bonds. The fourth-order valence-corrected chi connectivity index (χ4v) is 2.58. The van der Waals surface area contributed by atoms with Crippen LogP contribution in [0.5, 0.6) is 0 Å². The Bertz CT molecular complexity index is 613. The monoisotopic (exact) mass is 294 g/mol. The maximum atomic E-state index is 13.7. The number of hydrogen-bond acceptors (Lipinski definition) is 2. The molecule has 2 rings (SSSR count). The third-order valence-corrected chi connectivity index (χ3v) is 3.80. The van der Waals surface area contributed by atoms with Crippen LogP contribution in [-0.4, -0.2) is 12.0 Å². The molecule has 0 N–H and O–H groups in total. The standard InChI is InChI=1S/C15H12ClFOS/c1-19-15-5-3-2-4-12(15)14(18)8-10-6-7-11(16)9-13(10)17/h2-7,9H,8H2,1H3. The van der Waals surface area contributed by atoms with E-state index >= 15 is 0 Å². The van der Waals surface area contributed by atoms with Crippen molar-refractivity contribution in [3.8, 4) is 0 Å². The molecule has 98 valence electrons. The summed E-state index contributed by atoms with van der Waals surface area (Å²) >= 11 is 7.20. The van der Waals surface area contributed by atoms with Crippen LogP contribution in [0.3, 0.4) is 0 Å². The summed E-state index contributed by atoms with van der Waals surface area (Å²) in [5, 5.41) is 0.332. The number of carbonyl (C=O) groups excluding carboxylic acids is 1. The van der Waals surface area contributed by atoms with Gasteiger partial charge in [0.1, 0.15) is 5.82 Å². The first-order valence-corrected chi connectivity index (χ1v) is 7.32. The van der Waals surface area contributed by atoms with Gasteiger partial charge in [0, 0.05) is 21.9 Å². The van der Waals surface area contributed by atoms with Gasteiger partial charge in [-0.1, -0.05) is 35.9 Å². The SMILES string of the molecule is CSc1ccccc1C(=O)Cc1ccc(Cl)cc1F. The Morgan fingerprint density at radius 3 is 2.68 bits per heavy atom. The van der Waals surface area contributed by atoms with E-state index in [0.717, 1.165) is 4.90 Å². The lowest BCUT2D eigenvalue weighted by atomic mass is 10.0. The van der Waals surface area contributed by atoms with Crippen molar-refractivity contribution in [2.75, 3.05) is 6.26 Å². The normalized spacial score (nSPS) is 10.5. The van der Waals surface area contributed by atoms with Crippen molar-refractivity contribution >= 4 is 29.1 Å². The minimum Gasteiger partial charge on any atom is -0.294 e. The van der Waals surface area contributed by atoms with Gasteiger partial charge in [-0.3, -0.25) is 4.79 Å². The average Bonchev–Trinajstić information content (AvgIpc) is 2.41. The first kappa shape index (κ1) is 14.1. The molecule has 0 spiro atoms. The highest BCUT2D eigenvalue weighted by Gasteiger charge is 2.13. The van der Waals surface area contributed by atoms with Gasteiger partial charge in [0.25, 0.3) is 0 Å². The van der Waals surface area contributed by atoms with Crippen LogP contribution in [0.15, 0.2) is 47.4 Å². The molecule has 2 aromatic rings. The van der Waals surface area contributed by atoms with Crippen LogP contribution in [0.2, 0.25) is 5.02 Å². The molecule has 1 nitrogen and oxygen atoms in total. The number of ketones is 1. The maximum absolute atomic E-state index is 13.7. The number of carbonyl (C=O) groups is 1. The molecule has 0 radical (unpaired) electrons. The molecular formula is C15H12ClFOS. The second kappa shape index (κ2) is 6.22. The lowest BCUT2D eigenvalue weighted by molar-refractivity contribution is 0.0989. The van der Waals surface area contributed by atoms with E-state index < -0.39 is 5.82 Å². The predicted octanol–water partition coefficient (Wildman–Crippen LogP) is 4.63. The third kappa shape index (κ3) is 3.37. The molecule has 0 unspecified atom stereocenters. The van der Waals surface area contributed by atoms with Crippen molar-refractivity contribution < 1.29 is 9.18 Å². The van der Waals surface area contributed by atoms with Crippen molar-refractivity contribution in [3.05, 3.63) is 64.4 Å². The van der Waals surface area contributed by atoms with Crippen molar-refractivity contribution in [3.63, 3.8) is 0 Å². The van der Waals surface area contributed by atoms with Crippen molar-refractivity contribution in [1.82, 2.24) is 0 Å². The molecule has 0 heterocycles. The van der Waals surface area contributed by atoms with E-state index in [1.54, 1.807) is 18.2 Å². The highest BCUT2D eigenvalue weighted by Crippen LogP contribution is 2.22. The predicted molar refractivity (Wildman–Crippen MR) is 77.7 cm³/mol. The minimum atomic E-state index is -0.442. The van der Waals surface area contributed by atoms with Crippen LogP contribution in [0.4, 0.5) is 4.39 Å². The van der Waals surface area contributed by atoms with E-state index in [0.29, 0.717) is 16.1 Å². The number of benzene rings is 2. The second-order valence-corrected chi connectivity index (χ2v) is 5.32. The van der Waals surface area contributed by atoms with Crippen LogP contribution in [0.25, 0.3) is 0 Å². The Morgan fingerprint density at radius 1 is 1.26 bits per heavy atom. The van der Waals surface area contributed by atoms with Gasteiger partial charge >= 0.3 is 0 Å². The van der Waals surface area contributed by atoms with Gasteiger partial charge in [-0.2, -0.15) is 0 Å². The molecule has 19 heavy (non-hydrogen) atoms. The summed E-state index contributed by atoms with van der Waals surface area (Å²) in [5.74, 6) is -0.534. The summed E-state index contributed by atoms with van der Waals surface area (Å²) in [4.78, 5) is 13.1. The molecule has 0 aliphatic rings. The van der Waals surface area contributed by atoms with Crippen LogP contribution in [0, 0.1) is 5.82 Å². The van der Waals surface area contributed by atoms with Crippen LogP contribution in [0.1, 0.15) is 15.9 Å². The van der Waals surface area contributed by atoms with E-state index in [-0.39, 0.29) is 12.2 Å². The van der Waals surface area contributed by atoms with Crippen LogP contribution >= 0.6 is 23.4 Å².